The Hall–Kier alpha value is -1.35. The maximum Gasteiger partial charge on any atom is 0.237 e. The van der Waals surface area contributed by atoms with Gasteiger partial charge < -0.3 is 5.32 Å². The van der Waals surface area contributed by atoms with Gasteiger partial charge in [0.15, 0.2) is 0 Å². The summed E-state index contributed by atoms with van der Waals surface area (Å²) in [4.78, 5) is 12.0. The first-order valence-corrected chi connectivity index (χ1v) is 7.87. The first kappa shape index (κ1) is 15.0. The van der Waals surface area contributed by atoms with Crippen LogP contribution in [-0.2, 0) is 11.2 Å². The molecule has 2 rings (SSSR count). The van der Waals surface area contributed by atoms with Crippen LogP contribution in [0, 0.1) is 0 Å². The number of amides is 1. The Labute approximate surface area is 122 Å². The van der Waals surface area contributed by atoms with Gasteiger partial charge in [0, 0.05) is 12.6 Å². The van der Waals surface area contributed by atoms with E-state index in [1.807, 2.05) is 0 Å². The molecule has 1 heterocycles. The Kier molecular flexibility index (Phi) is 5.60. The van der Waals surface area contributed by atoms with Gasteiger partial charge in [0.2, 0.25) is 5.91 Å². The molecule has 0 bridgehead atoms. The molecular weight excluding hydrogens is 248 g/mol. The maximum absolute atomic E-state index is 12.0. The predicted octanol–water partition coefficient (Wildman–Crippen LogP) is 2.96. The molecule has 0 aliphatic carbocycles. The van der Waals surface area contributed by atoms with Gasteiger partial charge in [-0.2, -0.15) is 0 Å². The van der Waals surface area contributed by atoms with E-state index in [2.05, 4.69) is 48.7 Å². The van der Waals surface area contributed by atoms with E-state index in [9.17, 15) is 4.79 Å². The highest BCUT2D eigenvalue weighted by molar-refractivity contribution is 5.81. The Morgan fingerprint density at radius 1 is 1.25 bits per heavy atom. The number of rotatable bonds is 5. The summed E-state index contributed by atoms with van der Waals surface area (Å²) in [6, 6.07) is 8.96. The lowest BCUT2D eigenvalue weighted by molar-refractivity contribution is -0.123. The molecule has 0 saturated carbocycles. The minimum absolute atomic E-state index is 0.0479. The van der Waals surface area contributed by atoms with Crippen LogP contribution in [0.5, 0.6) is 0 Å². The zero-order valence-corrected chi connectivity index (χ0v) is 12.6. The molecule has 3 nitrogen and oxygen atoms in total. The van der Waals surface area contributed by atoms with Gasteiger partial charge in [0.1, 0.15) is 0 Å². The summed E-state index contributed by atoms with van der Waals surface area (Å²) in [7, 11) is 0. The van der Waals surface area contributed by atoms with Crippen molar-refractivity contribution in [2.24, 2.45) is 0 Å². The second-order valence-corrected chi connectivity index (χ2v) is 5.56. The molecule has 2 unspecified atom stereocenters. The van der Waals surface area contributed by atoms with E-state index in [4.69, 9.17) is 0 Å². The van der Waals surface area contributed by atoms with Crippen LogP contribution in [0.1, 0.15) is 56.7 Å². The first-order valence-electron chi connectivity index (χ1n) is 7.87. The number of benzene rings is 1. The number of hydrogen-bond acceptors (Lipinski definition) is 2. The number of aryl methyl sites for hydroxylation is 1. The molecule has 2 atom stereocenters. The van der Waals surface area contributed by atoms with Gasteiger partial charge in [0.25, 0.3) is 0 Å². The number of nitrogens with one attached hydrogen (secondary N) is 2. The van der Waals surface area contributed by atoms with Gasteiger partial charge in [-0.05, 0) is 43.2 Å². The molecule has 1 aliphatic heterocycles. The molecule has 1 aromatic rings. The largest absolute Gasteiger partial charge is 0.355 e. The van der Waals surface area contributed by atoms with Crippen LogP contribution < -0.4 is 10.6 Å². The first-order chi connectivity index (χ1) is 9.74. The third-order valence-electron chi connectivity index (χ3n) is 4.14. The zero-order chi connectivity index (χ0) is 14.4. The minimum Gasteiger partial charge on any atom is -0.355 e. The van der Waals surface area contributed by atoms with Crippen molar-refractivity contribution < 1.29 is 4.79 Å². The van der Waals surface area contributed by atoms with Crippen LogP contribution in [0.3, 0.4) is 0 Å². The van der Waals surface area contributed by atoms with Crippen molar-refractivity contribution in [3.05, 3.63) is 35.4 Å². The molecule has 0 radical (unpaired) electrons. The van der Waals surface area contributed by atoms with Crippen LogP contribution in [0.4, 0.5) is 0 Å². The van der Waals surface area contributed by atoms with Gasteiger partial charge in [-0.25, -0.2) is 0 Å². The van der Waals surface area contributed by atoms with E-state index >= 15 is 0 Å². The van der Waals surface area contributed by atoms with Crippen molar-refractivity contribution in [3.8, 4) is 0 Å². The Morgan fingerprint density at radius 3 is 2.65 bits per heavy atom. The van der Waals surface area contributed by atoms with Gasteiger partial charge in [-0.15, -0.1) is 0 Å². The molecule has 1 saturated heterocycles. The lowest BCUT2D eigenvalue weighted by Gasteiger charge is -2.23. The fourth-order valence-electron chi connectivity index (χ4n) is 2.78. The third kappa shape index (κ3) is 3.83. The molecule has 1 aliphatic rings. The van der Waals surface area contributed by atoms with Crippen molar-refractivity contribution in [1.29, 1.82) is 0 Å². The van der Waals surface area contributed by atoms with Crippen LogP contribution in [-0.4, -0.2) is 18.5 Å². The van der Waals surface area contributed by atoms with Gasteiger partial charge in [-0.1, -0.05) is 38.1 Å². The van der Waals surface area contributed by atoms with Crippen molar-refractivity contribution in [2.75, 3.05) is 6.54 Å². The van der Waals surface area contributed by atoms with Crippen LogP contribution in [0.15, 0.2) is 24.3 Å². The van der Waals surface area contributed by atoms with Gasteiger partial charge in [0.05, 0.1) is 6.04 Å². The summed E-state index contributed by atoms with van der Waals surface area (Å²) >= 11 is 0. The Morgan fingerprint density at radius 2 is 2.00 bits per heavy atom. The zero-order valence-electron chi connectivity index (χ0n) is 12.6. The second kappa shape index (κ2) is 7.44. The van der Waals surface area contributed by atoms with Crippen molar-refractivity contribution in [2.45, 2.75) is 58.0 Å². The van der Waals surface area contributed by atoms with Crippen molar-refractivity contribution in [1.82, 2.24) is 10.6 Å². The Balaban J connectivity index is 2.04. The van der Waals surface area contributed by atoms with E-state index in [1.54, 1.807) is 0 Å². The van der Waals surface area contributed by atoms with Crippen LogP contribution in [0.2, 0.25) is 0 Å². The smallest absolute Gasteiger partial charge is 0.237 e. The van der Waals surface area contributed by atoms with Crippen LogP contribution in [0.25, 0.3) is 0 Å². The predicted molar refractivity (Wildman–Crippen MR) is 82.6 cm³/mol. The lowest BCUT2D eigenvalue weighted by atomic mass is 10.00. The number of carbonyl (C=O) groups excluding carboxylic acids is 1. The quantitative estimate of drug-likeness (QED) is 0.866. The van der Waals surface area contributed by atoms with E-state index in [-0.39, 0.29) is 18.0 Å². The SMILES string of the molecule is CCc1ccc(C(CC)NC2CCCCNC2=O)cc1. The molecule has 0 aromatic heterocycles. The molecule has 3 heteroatoms. The summed E-state index contributed by atoms with van der Waals surface area (Å²) < 4.78 is 0. The van der Waals surface area contributed by atoms with Crippen LogP contribution >= 0.6 is 0 Å². The molecule has 1 fully saturated rings. The average molecular weight is 274 g/mol. The Bertz CT molecular complexity index is 427. The summed E-state index contributed by atoms with van der Waals surface area (Å²) in [6.07, 6.45) is 5.20. The standard InChI is InChI=1S/C17H26N2O/c1-3-13-8-10-14(11-9-13)15(4-2)19-16-7-5-6-12-18-17(16)20/h8-11,15-16,19H,3-7,12H2,1-2H3,(H,18,20). The van der Waals surface area contributed by atoms with Gasteiger partial charge >= 0.3 is 0 Å². The molecule has 1 amide bonds. The van der Waals surface area contributed by atoms with Crippen molar-refractivity contribution in [3.63, 3.8) is 0 Å². The topological polar surface area (TPSA) is 41.1 Å². The monoisotopic (exact) mass is 274 g/mol. The highest BCUT2D eigenvalue weighted by Gasteiger charge is 2.23. The summed E-state index contributed by atoms with van der Waals surface area (Å²) in [5.74, 6) is 0.158. The molecule has 2 N–H and O–H groups in total. The van der Waals surface area contributed by atoms with E-state index in [0.717, 1.165) is 38.6 Å². The minimum atomic E-state index is -0.0479. The number of hydrogen-bond donors (Lipinski definition) is 2. The van der Waals surface area contributed by atoms with Crippen molar-refractivity contribution >= 4 is 5.91 Å². The molecule has 110 valence electrons. The molecule has 20 heavy (non-hydrogen) atoms. The fourth-order valence-corrected chi connectivity index (χ4v) is 2.78. The summed E-state index contributed by atoms with van der Waals surface area (Å²) in [5.41, 5.74) is 2.64. The fraction of sp³-hybridized carbons (Fsp3) is 0.588. The maximum atomic E-state index is 12.0. The average Bonchev–Trinajstić information content (AvgIpc) is 2.69. The second-order valence-electron chi connectivity index (χ2n) is 5.56. The highest BCUT2D eigenvalue weighted by atomic mass is 16.2. The van der Waals surface area contributed by atoms with E-state index < -0.39 is 0 Å². The lowest BCUT2D eigenvalue weighted by Crippen LogP contribution is -2.44. The van der Waals surface area contributed by atoms with E-state index in [1.165, 1.54) is 11.1 Å². The summed E-state index contributed by atoms with van der Waals surface area (Å²) in [5, 5.41) is 6.53. The number of carbonyl (C=O) groups is 1. The molecule has 0 spiro atoms. The summed E-state index contributed by atoms with van der Waals surface area (Å²) in [6.45, 7) is 5.15. The molecule has 1 aromatic carbocycles. The van der Waals surface area contributed by atoms with E-state index in [0.29, 0.717) is 0 Å². The normalized spacial score (nSPS) is 21.1. The molecular formula is C17H26N2O. The third-order valence-corrected chi connectivity index (χ3v) is 4.14. The van der Waals surface area contributed by atoms with Gasteiger partial charge in [-0.3, -0.25) is 10.1 Å². The highest BCUT2D eigenvalue weighted by Crippen LogP contribution is 2.20.